The average molecular weight is 796 g/mol. The van der Waals surface area contributed by atoms with Crippen molar-refractivity contribution in [2.75, 3.05) is 4.90 Å². The van der Waals surface area contributed by atoms with Gasteiger partial charge in [0.2, 0.25) is 0 Å². The van der Waals surface area contributed by atoms with Crippen LogP contribution in [0.1, 0.15) is 52.7 Å². The molecule has 0 fully saturated rings. The summed E-state index contributed by atoms with van der Waals surface area (Å²) in [4.78, 5) is 2.37. The molecule has 3 aromatic heterocycles. The van der Waals surface area contributed by atoms with Gasteiger partial charge < -0.3 is 13.7 Å². The molecule has 292 valence electrons. The smallest absolute Gasteiger partial charge is 0.143 e. The Balaban J connectivity index is 1.02. The zero-order valence-electron chi connectivity index (χ0n) is 34.8. The highest BCUT2D eigenvalue weighted by atomic mass is 32.1. The van der Waals surface area contributed by atoms with Gasteiger partial charge in [0, 0.05) is 81.0 Å². The quantitative estimate of drug-likeness (QED) is 0.174. The second-order valence-electron chi connectivity index (χ2n) is 18.1. The SMILES string of the molecule is CC(C)(C)c1cccc2c1oc1c(-c3ccc(N(c4ccc(-c5cccc6c5oc5c(C(C)(C)C)cccc56)cc4)c4ccc5c(c4)sc4ccccc45)cc3)cccc12. The molecule has 0 N–H and O–H groups in total. The van der Waals surface area contributed by atoms with Gasteiger partial charge in [-0.2, -0.15) is 0 Å². The third-order valence-electron chi connectivity index (χ3n) is 12.2. The van der Waals surface area contributed by atoms with E-state index >= 15 is 0 Å². The maximum Gasteiger partial charge on any atom is 0.143 e. The van der Waals surface area contributed by atoms with E-state index in [0.29, 0.717) is 0 Å². The molecule has 60 heavy (non-hydrogen) atoms. The predicted molar refractivity (Wildman–Crippen MR) is 257 cm³/mol. The van der Waals surface area contributed by atoms with Crippen molar-refractivity contribution in [3.63, 3.8) is 0 Å². The van der Waals surface area contributed by atoms with Crippen molar-refractivity contribution < 1.29 is 8.83 Å². The number of hydrogen-bond donors (Lipinski definition) is 0. The van der Waals surface area contributed by atoms with Crippen LogP contribution in [-0.4, -0.2) is 0 Å². The summed E-state index contributed by atoms with van der Waals surface area (Å²) in [5.41, 5.74) is 13.8. The fraction of sp³-hybridized carbons (Fsp3) is 0.143. The Labute approximate surface area is 354 Å². The second kappa shape index (κ2) is 13.5. The molecule has 0 aliphatic heterocycles. The van der Waals surface area contributed by atoms with Crippen LogP contribution in [0.25, 0.3) is 86.3 Å². The fourth-order valence-corrected chi connectivity index (χ4v) is 10.3. The molecule has 0 spiro atoms. The number of benzene rings is 8. The summed E-state index contributed by atoms with van der Waals surface area (Å²) >= 11 is 1.85. The lowest BCUT2D eigenvalue weighted by atomic mass is 9.86. The lowest BCUT2D eigenvalue weighted by Gasteiger charge is -2.26. The van der Waals surface area contributed by atoms with Crippen molar-refractivity contribution in [2.45, 2.75) is 52.4 Å². The molecule has 8 aromatic carbocycles. The third-order valence-corrected chi connectivity index (χ3v) is 13.3. The van der Waals surface area contributed by atoms with E-state index in [-0.39, 0.29) is 10.8 Å². The van der Waals surface area contributed by atoms with Crippen LogP contribution in [-0.2, 0) is 10.8 Å². The molecule has 11 aromatic rings. The molecular weight excluding hydrogens is 751 g/mol. The van der Waals surface area contributed by atoms with Gasteiger partial charge in [-0.1, -0.05) is 163 Å². The summed E-state index contributed by atoms with van der Waals surface area (Å²) in [5.74, 6) is 0. The lowest BCUT2D eigenvalue weighted by molar-refractivity contribution is 0.572. The minimum atomic E-state index is -0.0351. The molecule has 0 aliphatic rings. The zero-order valence-corrected chi connectivity index (χ0v) is 35.6. The van der Waals surface area contributed by atoms with E-state index < -0.39 is 0 Å². The van der Waals surface area contributed by atoms with Gasteiger partial charge in [0.05, 0.1) is 0 Å². The van der Waals surface area contributed by atoms with Crippen LogP contribution in [0.2, 0.25) is 0 Å². The normalized spacial score (nSPS) is 12.5. The van der Waals surface area contributed by atoms with E-state index in [0.717, 1.165) is 83.2 Å². The van der Waals surface area contributed by atoms with E-state index in [1.54, 1.807) is 0 Å². The third kappa shape index (κ3) is 5.84. The van der Waals surface area contributed by atoms with Crippen molar-refractivity contribution in [3.8, 4) is 22.3 Å². The van der Waals surface area contributed by atoms with Gasteiger partial charge in [0.15, 0.2) is 0 Å². The highest BCUT2D eigenvalue weighted by Gasteiger charge is 2.24. The standard InChI is InChI=1S/C56H45NO2S/c1-55(2,3)47-20-11-18-45-43-16-9-14-39(51(43)58-53(45)47)34-23-27-36(28-24-34)57(38-31-32-42-41-13-7-8-22-49(41)60-50(42)33-38)37-29-25-35(26-30-37)40-15-10-17-44-46-19-12-21-48(56(4,5)6)54(46)59-52(40)44/h7-33H,1-6H3. The van der Waals surface area contributed by atoms with Gasteiger partial charge in [-0.3, -0.25) is 0 Å². The van der Waals surface area contributed by atoms with Crippen LogP contribution in [0, 0.1) is 0 Å². The number of hydrogen-bond acceptors (Lipinski definition) is 4. The first-order valence-electron chi connectivity index (χ1n) is 20.8. The summed E-state index contributed by atoms with van der Waals surface area (Å²) in [6.07, 6.45) is 0. The number of nitrogens with zero attached hydrogens (tertiary/aromatic N) is 1. The Morgan fingerprint density at radius 3 is 1.28 bits per heavy atom. The topological polar surface area (TPSA) is 29.5 Å². The monoisotopic (exact) mass is 795 g/mol. The molecule has 0 amide bonds. The van der Waals surface area contributed by atoms with Gasteiger partial charge in [-0.05, 0) is 64.4 Å². The summed E-state index contributed by atoms with van der Waals surface area (Å²) in [7, 11) is 0. The van der Waals surface area contributed by atoms with Crippen LogP contribution < -0.4 is 4.90 Å². The Hall–Kier alpha value is -6.62. The Bertz CT molecular complexity index is 3260. The van der Waals surface area contributed by atoms with Gasteiger partial charge >= 0.3 is 0 Å². The maximum atomic E-state index is 6.77. The molecule has 0 bridgehead atoms. The molecule has 3 nitrogen and oxygen atoms in total. The summed E-state index contributed by atoms with van der Waals surface area (Å²) in [5, 5.41) is 7.19. The van der Waals surface area contributed by atoms with E-state index in [9.17, 15) is 0 Å². The van der Waals surface area contributed by atoms with Gasteiger partial charge in [0.25, 0.3) is 0 Å². The van der Waals surface area contributed by atoms with Crippen molar-refractivity contribution >= 4 is 92.4 Å². The van der Waals surface area contributed by atoms with Gasteiger partial charge in [-0.15, -0.1) is 11.3 Å². The van der Waals surface area contributed by atoms with E-state index in [1.165, 1.54) is 31.3 Å². The minimum absolute atomic E-state index is 0.0351. The fourth-order valence-electron chi connectivity index (χ4n) is 9.16. The van der Waals surface area contributed by atoms with Crippen LogP contribution in [0.15, 0.2) is 173 Å². The number of fused-ring (bicyclic) bond motifs is 9. The highest BCUT2D eigenvalue weighted by molar-refractivity contribution is 7.25. The molecule has 3 heterocycles. The molecule has 0 saturated carbocycles. The number of rotatable bonds is 5. The second-order valence-corrected chi connectivity index (χ2v) is 19.2. The number of para-hydroxylation sites is 4. The molecule has 0 atom stereocenters. The lowest BCUT2D eigenvalue weighted by Crippen LogP contribution is -2.10. The van der Waals surface area contributed by atoms with Gasteiger partial charge in [0.1, 0.15) is 22.3 Å². The summed E-state index contributed by atoms with van der Waals surface area (Å²) in [6, 6.07) is 59.5. The minimum Gasteiger partial charge on any atom is -0.455 e. The van der Waals surface area contributed by atoms with E-state index in [2.05, 4.69) is 210 Å². The van der Waals surface area contributed by atoms with Crippen LogP contribution in [0.4, 0.5) is 17.1 Å². The first kappa shape index (κ1) is 36.5. The summed E-state index contributed by atoms with van der Waals surface area (Å²) < 4.78 is 16.1. The molecule has 4 heteroatoms. The molecular formula is C56H45NO2S. The number of furan rings is 2. The summed E-state index contributed by atoms with van der Waals surface area (Å²) in [6.45, 7) is 13.5. The zero-order chi connectivity index (χ0) is 40.9. The van der Waals surface area contributed by atoms with E-state index in [1.807, 2.05) is 11.3 Å². The molecule has 0 unspecified atom stereocenters. The van der Waals surface area contributed by atoms with Crippen molar-refractivity contribution in [2.24, 2.45) is 0 Å². The largest absolute Gasteiger partial charge is 0.455 e. The molecule has 0 saturated heterocycles. The van der Waals surface area contributed by atoms with Crippen LogP contribution >= 0.6 is 11.3 Å². The first-order valence-corrected chi connectivity index (χ1v) is 21.6. The maximum absolute atomic E-state index is 6.77. The van der Waals surface area contributed by atoms with Crippen molar-refractivity contribution in [1.82, 2.24) is 0 Å². The van der Waals surface area contributed by atoms with Crippen LogP contribution in [0.3, 0.4) is 0 Å². The average Bonchev–Trinajstić information content (AvgIpc) is 3.95. The van der Waals surface area contributed by atoms with Crippen LogP contribution in [0.5, 0.6) is 0 Å². The molecule has 11 rings (SSSR count). The predicted octanol–water partition coefficient (Wildman–Crippen LogP) is 17.3. The van der Waals surface area contributed by atoms with Gasteiger partial charge in [-0.25, -0.2) is 0 Å². The van der Waals surface area contributed by atoms with Crippen molar-refractivity contribution in [1.29, 1.82) is 0 Å². The number of anilines is 3. The highest BCUT2D eigenvalue weighted by Crippen LogP contribution is 2.45. The van der Waals surface area contributed by atoms with E-state index in [4.69, 9.17) is 8.83 Å². The molecule has 0 radical (unpaired) electrons. The molecule has 0 aliphatic carbocycles. The Kier molecular flexibility index (Phi) is 8.18. The van der Waals surface area contributed by atoms with Crippen molar-refractivity contribution in [3.05, 3.63) is 175 Å². The number of thiophene rings is 1. The Morgan fingerprint density at radius 1 is 0.367 bits per heavy atom. The Morgan fingerprint density at radius 2 is 0.783 bits per heavy atom. The first-order chi connectivity index (χ1) is 29.0.